The van der Waals surface area contributed by atoms with Crippen molar-refractivity contribution in [2.24, 2.45) is 0 Å². The molecule has 0 bridgehead atoms. The van der Waals surface area contributed by atoms with Crippen molar-refractivity contribution >= 4 is 0 Å². The maximum atomic E-state index is 7.23. The van der Waals surface area contributed by atoms with Crippen LogP contribution < -0.4 is 0 Å². The van der Waals surface area contributed by atoms with Crippen LogP contribution in [-0.4, -0.2) is 9.97 Å². The van der Waals surface area contributed by atoms with Crippen LogP contribution >= 0.6 is 0 Å². The molecule has 5 aromatic rings. The molecule has 3 aromatic carbocycles. The van der Waals surface area contributed by atoms with Crippen LogP contribution in [0.25, 0.3) is 33.6 Å². The van der Waals surface area contributed by atoms with E-state index < -0.39 is 6.85 Å². The van der Waals surface area contributed by atoms with Gasteiger partial charge in [0.1, 0.15) is 0 Å². The predicted octanol–water partition coefficient (Wildman–Crippen LogP) is 7.38. The van der Waals surface area contributed by atoms with Gasteiger partial charge in [0.05, 0.1) is 0 Å². The summed E-state index contributed by atoms with van der Waals surface area (Å²) in [6, 6.07) is 37.7. The van der Waals surface area contributed by atoms with E-state index in [2.05, 4.69) is 71.5 Å². The minimum absolute atomic E-state index is 0. The molecule has 0 fully saturated rings. The monoisotopic (exact) mass is 608 g/mol. The third-order valence-corrected chi connectivity index (χ3v) is 4.85. The Kier molecular flexibility index (Phi) is 7.36. The first-order valence-corrected chi connectivity index (χ1v) is 10.3. The van der Waals surface area contributed by atoms with Crippen molar-refractivity contribution in [3.05, 3.63) is 133 Å². The Morgan fingerprint density at radius 2 is 1.48 bits per heavy atom. The van der Waals surface area contributed by atoms with Crippen LogP contribution in [0, 0.1) is 25.9 Å². The molecule has 0 atom stereocenters. The van der Waals surface area contributed by atoms with Gasteiger partial charge < -0.3 is 9.97 Å². The molecule has 5 rings (SSSR count). The van der Waals surface area contributed by atoms with Crippen LogP contribution in [0.5, 0.6) is 0 Å². The van der Waals surface area contributed by atoms with E-state index in [9.17, 15) is 0 Å². The molecule has 0 saturated heterocycles. The molecule has 0 saturated carbocycles. The van der Waals surface area contributed by atoms with Crippen molar-refractivity contribution < 1.29 is 24.2 Å². The molecule has 0 spiro atoms. The van der Waals surface area contributed by atoms with E-state index in [1.165, 1.54) is 22.9 Å². The van der Waals surface area contributed by atoms with E-state index in [0.29, 0.717) is 0 Å². The topological polar surface area (TPSA) is 25.8 Å². The molecule has 1 radical (unpaired) electrons. The van der Waals surface area contributed by atoms with Gasteiger partial charge in [0.15, 0.2) is 0 Å². The number of aryl methyl sites for hydroxylation is 2. The van der Waals surface area contributed by atoms with Crippen LogP contribution in [0.15, 0.2) is 109 Å². The van der Waals surface area contributed by atoms with Crippen LogP contribution in [0.2, 0.25) is 0 Å². The Labute approximate surface area is 214 Å². The van der Waals surface area contributed by atoms with E-state index in [4.69, 9.17) is 4.11 Å². The van der Waals surface area contributed by atoms with Gasteiger partial charge in [-0.25, -0.2) is 0 Å². The summed E-state index contributed by atoms with van der Waals surface area (Å²) >= 11 is 0. The molecule has 3 heteroatoms. The van der Waals surface area contributed by atoms with Gasteiger partial charge in [-0.3, -0.25) is 0 Å². The third-order valence-electron chi connectivity index (χ3n) is 4.85. The summed E-state index contributed by atoms with van der Waals surface area (Å²) in [6.45, 7) is -0.0157. The molecule has 2 nitrogen and oxygen atoms in total. The summed E-state index contributed by atoms with van der Waals surface area (Å²) in [7, 11) is 0. The van der Waals surface area contributed by atoms with Crippen LogP contribution in [0.4, 0.5) is 0 Å². The summed E-state index contributed by atoms with van der Waals surface area (Å²) in [5.74, 6) is 0. The minimum Gasteiger partial charge on any atom is -0.305 e. The molecule has 0 amide bonds. The second-order valence-electron chi connectivity index (χ2n) is 7.28. The van der Waals surface area contributed by atoms with E-state index in [1.807, 2.05) is 42.6 Å². The van der Waals surface area contributed by atoms with E-state index in [-0.39, 0.29) is 25.7 Å². The molecular formula is C30H24IrN2-2. The Hall–Kier alpha value is -3.39. The van der Waals surface area contributed by atoms with Gasteiger partial charge in [-0.15, -0.1) is 71.3 Å². The standard InChI is InChI=1S/C18H14N.C12H10N.Ir/c1-14-10-11-19-18(12-14)17-9-5-8-16(13-17)15-6-3-2-4-7-15;1-10-7-8-12(13-9-10)11-5-3-2-4-6-11;/h2-8,10-13H,1H3;2-5,7-9H,1H3;/q2*-1;/i;1D3;. The Morgan fingerprint density at radius 1 is 0.667 bits per heavy atom. The van der Waals surface area contributed by atoms with Crippen LogP contribution in [0.3, 0.4) is 0 Å². The largest absolute Gasteiger partial charge is 0.305 e. The SMILES string of the molecule is Cc1ccnc(-c2[c-]ccc(-c3ccccc3)c2)c1.[2H]C([2H])([2H])c1ccc(-c2[c-]cccc2)nc1.[Ir]. The molecule has 2 aromatic heterocycles. The third kappa shape index (κ3) is 6.79. The number of hydrogen-bond acceptors (Lipinski definition) is 2. The van der Waals surface area contributed by atoms with Gasteiger partial charge in [-0.2, -0.15) is 0 Å². The number of benzene rings is 3. The fraction of sp³-hybridized carbons (Fsp3) is 0.0667. The number of rotatable bonds is 3. The zero-order valence-corrected chi connectivity index (χ0v) is 20.5. The molecular weight excluding hydrogens is 581 g/mol. The van der Waals surface area contributed by atoms with Crippen molar-refractivity contribution in [1.29, 1.82) is 0 Å². The van der Waals surface area contributed by atoms with Crippen LogP contribution in [-0.2, 0) is 20.1 Å². The molecule has 0 aliphatic rings. The molecule has 0 unspecified atom stereocenters. The van der Waals surface area contributed by atoms with Gasteiger partial charge in [-0.1, -0.05) is 54.1 Å². The summed E-state index contributed by atoms with van der Waals surface area (Å²) in [5.41, 5.74) is 7.47. The second kappa shape index (κ2) is 12.0. The fourth-order valence-electron chi connectivity index (χ4n) is 3.21. The molecule has 0 aliphatic carbocycles. The Balaban J connectivity index is 0.000000198. The van der Waals surface area contributed by atoms with Crippen molar-refractivity contribution in [2.75, 3.05) is 0 Å². The second-order valence-corrected chi connectivity index (χ2v) is 7.28. The number of hydrogen-bond donors (Lipinski definition) is 0. The van der Waals surface area contributed by atoms with Gasteiger partial charge in [0, 0.05) is 36.6 Å². The first kappa shape index (κ1) is 20.2. The number of nitrogens with zero attached hydrogens (tertiary/aromatic N) is 2. The van der Waals surface area contributed by atoms with Gasteiger partial charge in [0.2, 0.25) is 0 Å². The normalized spacial score (nSPS) is 11.6. The molecule has 33 heavy (non-hydrogen) atoms. The van der Waals surface area contributed by atoms with E-state index >= 15 is 0 Å². The number of aromatic nitrogens is 2. The smallest absolute Gasteiger partial charge is 0.0280 e. The molecule has 0 N–H and O–H groups in total. The minimum atomic E-state index is -2.09. The molecule has 0 aliphatic heterocycles. The first-order valence-electron chi connectivity index (χ1n) is 11.8. The van der Waals surface area contributed by atoms with Crippen molar-refractivity contribution in [2.45, 2.75) is 13.8 Å². The van der Waals surface area contributed by atoms with Crippen molar-refractivity contribution in [3.8, 4) is 33.6 Å². The summed E-state index contributed by atoms with van der Waals surface area (Å²) in [4.78, 5) is 8.54. The molecule has 2 heterocycles. The van der Waals surface area contributed by atoms with E-state index in [1.54, 1.807) is 18.2 Å². The van der Waals surface area contributed by atoms with Gasteiger partial charge in [-0.05, 0) is 42.4 Å². The average molecular weight is 608 g/mol. The van der Waals surface area contributed by atoms with Crippen LogP contribution in [0.1, 0.15) is 15.2 Å². The maximum Gasteiger partial charge on any atom is 0.0280 e. The predicted molar refractivity (Wildman–Crippen MR) is 132 cm³/mol. The maximum absolute atomic E-state index is 7.23. The summed E-state index contributed by atoms with van der Waals surface area (Å²) in [6.07, 6.45) is 3.23. The summed E-state index contributed by atoms with van der Waals surface area (Å²) in [5, 5.41) is 0. The quantitative estimate of drug-likeness (QED) is 0.200. The first-order chi connectivity index (χ1) is 16.9. The number of pyridine rings is 2. The summed E-state index contributed by atoms with van der Waals surface area (Å²) < 4.78 is 21.7. The molecule has 165 valence electrons. The van der Waals surface area contributed by atoms with E-state index in [0.717, 1.165) is 22.5 Å². The Morgan fingerprint density at radius 3 is 2.18 bits per heavy atom. The average Bonchev–Trinajstić information content (AvgIpc) is 2.90. The fourth-order valence-corrected chi connectivity index (χ4v) is 3.21. The zero-order valence-electron chi connectivity index (χ0n) is 21.1. The zero-order chi connectivity index (χ0) is 24.7. The van der Waals surface area contributed by atoms with Crippen molar-refractivity contribution in [3.63, 3.8) is 0 Å². The van der Waals surface area contributed by atoms with Gasteiger partial charge in [0.25, 0.3) is 0 Å². The Bertz CT molecular complexity index is 1370. The van der Waals surface area contributed by atoms with Crippen molar-refractivity contribution in [1.82, 2.24) is 9.97 Å². The van der Waals surface area contributed by atoms with Gasteiger partial charge >= 0.3 is 0 Å².